The summed E-state index contributed by atoms with van der Waals surface area (Å²) < 4.78 is 0. The van der Waals surface area contributed by atoms with Gasteiger partial charge in [-0.25, -0.2) is 5.57 Å². The maximum Gasteiger partial charge on any atom is 0.103 e. The van der Waals surface area contributed by atoms with Crippen molar-refractivity contribution in [1.82, 2.24) is 0 Å². The molecule has 4 saturated carbocycles. The fourth-order valence-electron chi connectivity index (χ4n) is 9.16. The molecule has 249 valence electrons. The first-order valence-corrected chi connectivity index (χ1v) is 18.7. The van der Waals surface area contributed by atoms with E-state index in [2.05, 4.69) is 157 Å². The second kappa shape index (κ2) is 16.9. The average molecular weight is 816 g/mol. The quantitative estimate of drug-likeness (QED) is 0.145. The van der Waals surface area contributed by atoms with Crippen molar-refractivity contribution >= 4 is 19.9 Å². The van der Waals surface area contributed by atoms with E-state index in [0.29, 0.717) is 16.7 Å². The first-order valence-electron chi connectivity index (χ1n) is 17.5. The molecular formula is C45H54HfNSi-2. The summed E-state index contributed by atoms with van der Waals surface area (Å²) in [5.74, 6) is 1.45. The Hall–Kier alpha value is -2.59. The van der Waals surface area contributed by atoms with Crippen LogP contribution in [0, 0.1) is 28.7 Å². The molecule has 1 N–H and O–H groups in total. The van der Waals surface area contributed by atoms with E-state index in [0.717, 1.165) is 5.92 Å². The summed E-state index contributed by atoms with van der Waals surface area (Å²) >= 11 is 0. The Bertz CT molecular complexity index is 1500. The summed E-state index contributed by atoms with van der Waals surface area (Å²) in [4.78, 5) is 0. The van der Waals surface area contributed by atoms with Crippen LogP contribution in [0.3, 0.4) is 0 Å². The van der Waals surface area contributed by atoms with Gasteiger partial charge in [-0.15, -0.1) is 12.5 Å². The van der Waals surface area contributed by atoms with E-state index in [1.54, 1.807) is 0 Å². The van der Waals surface area contributed by atoms with Gasteiger partial charge in [0.05, 0.1) is 0 Å². The van der Waals surface area contributed by atoms with Crippen molar-refractivity contribution < 1.29 is 25.8 Å². The number of hydrogen-bond donors (Lipinski definition) is 0. The van der Waals surface area contributed by atoms with E-state index in [4.69, 9.17) is 5.73 Å². The molecule has 1 radical (unpaired) electrons. The Morgan fingerprint density at radius 1 is 0.604 bits per heavy atom. The van der Waals surface area contributed by atoms with Crippen LogP contribution in [-0.2, 0) is 25.8 Å². The van der Waals surface area contributed by atoms with E-state index in [1.807, 2.05) is 12.1 Å². The molecule has 4 fully saturated rings. The van der Waals surface area contributed by atoms with Crippen LogP contribution in [0.15, 0.2) is 138 Å². The van der Waals surface area contributed by atoms with Crippen LogP contribution in [0.1, 0.15) is 80.1 Å². The third-order valence-corrected chi connectivity index (χ3v) is 12.1. The molecule has 0 heterocycles. The van der Waals surface area contributed by atoms with Gasteiger partial charge in [0.1, 0.15) is 9.52 Å². The maximum absolute atomic E-state index is 8.46. The van der Waals surface area contributed by atoms with Crippen LogP contribution in [0.4, 0.5) is 0 Å². The first-order chi connectivity index (χ1) is 22.4. The molecule has 0 spiro atoms. The zero-order valence-corrected chi connectivity index (χ0v) is 34.8. The summed E-state index contributed by atoms with van der Waals surface area (Å²) in [6.07, 6.45) is 11.2. The van der Waals surface area contributed by atoms with E-state index in [-0.39, 0.29) is 40.9 Å². The standard InChI is InChI=1S/C12H20N.C12H11Si.C12H10.C9H13.Hf/c1-10-3-9-4-11(2,6-10)8-12(13,5-9)7-10;1-3-7-11(8-4-1)13-12-9-5-2-6-10-12;1-3-7-11(8-4-1)12-9-5-2-6-10-12;1-6-5-7(2)9(4)8(6)3;/h9,13H,3-8H2,1-2H3;1-10,13H;1-10H;6H,1-4H3;/q-1;;;-1;. The molecule has 3 heteroatoms. The van der Waals surface area contributed by atoms with Gasteiger partial charge in [0.2, 0.25) is 0 Å². The Morgan fingerprint density at radius 2 is 1.00 bits per heavy atom. The van der Waals surface area contributed by atoms with Gasteiger partial charge in [-0.3, -0.25) is 6.08 Å². The van der Waals surface area contributed by atoms with Crippen LogP contribution in [0.25, 0.3) is 16.9 Å². The normalized spacial score (nSPS) is 27.6. The summed E-state index contributed by atoms with van der Waals surface area (Å²) in [5.41, 5.74) is 16.3. The van der Waals surface area contributed by atoms with Crippen LogP contribution >= 0.6 is 0 Å². The Balaban J connectivity index is 0.000000145. The number of hydrogen-bond acceptors (Lipinski definition) is 0. The molecule has 3 atom stereocenters. The molecule has 5 aliphatic carbocycles. The molecule has 48 heavy (non-hydrogen) atoms. The van der Waals surface area contributed by atoms with E-state index >= 15 is 0 Å². The van der Waals surface area contributed by atoms with Gasteiger partial charge in [0, 0.05) is 25.8 Å². The van der Waals surface area contributed by atoms with Crippen molar-refractivity contribution in [1.29, 1.82) is 0 Å². The zero-order chi connectivity index (χ0) is 33.5. The number of benzene rings is 4. The van der Waals surface area contributed by atoms with Gasteiger partial charge < -0.3 is 5.73 Å². The van der Waals surface area contributed by atoms with Gasteiger partial charge in [0.15, 0.2) is 0 Å². The molecule has 0 aliphatic heterocycles. The third kappa shape index (κ3) is 10.5. The number of allylic oxidation sites excluding steroid dienone is 4. The molecule has 3 unspecified atom stereocenters. The van der Waals surface area contributed by atoms with Crippen molar-refractivity contribution in [2.45, 2.75) is 85.6 Å². The third-order valence-electron chi connectivity index (χ3n) is 10.7. The van der Waals surface area contributed by atoms with Crippen molar-refractivity contribution in [3.8, 4) is 11.1 Å². The predicted molar refractivity (Wildman–Crippen MR) is 206 cm³/mol. The average Bonchev–Trinajstić information content (AvgIpc) is 3.26. The Labute approximate surface area is 313 Å². The molecule has 0 amide bonds. The SMILES string of the molecule is CC12CC3CC(C)(C1)CC([NH-])(C3)C2.CC1=[C-]C(C)C(C)=C1C.[Hf].c1ccc(-c2ccccc2)cc1.c1ccc([SiH]c2ccccc2)cc1. The number of nitrogens with one attached hydrogen (secondary N) is 1. The fraction of sp³-hybridized carbons (Fsp3) is 0.378. The van der Waals surface area contributed by atoms with Gasteiger partial charge in [-0.05, 0) is 47.1 Å². The van der Waals surface area contributed by atoms with E-state index in [9.17, 15) is 0 Å². The van der Waals surface area contributed by atoms with E-state index < -0.39 is 0 Å². The molecule has 0 saturated heterocycles. The largest absolute Gasteiger partial charge is 0.672 e. The van der Waals surface area contributed by atoms with Crippen molar-refractivity contribution in [2.24, 2.45) is 22.7 Å². The van der Waals surface area contributed by atoms with Crippen molar-refractivity contribution in [3.05, 3.63) is 150 Å². The second-order valence-electron chi connectivity index (χ2n) is 15.4. The van der Waals surface area contributed by atoms with Gasteiger partial charge >= 0.3 is 0 Å². The van der Waals surface area contributed by atoms with Crippen LogP contribution in [0.5, 0.6) is 0 Å². The molecule has 4 bridgehead atoms. The molecule has 0 aromatic heterocycles. The Kier molecular flexibility index (Phi) is 13.4. The van der Waals surface area contributed by atoms with Crippen LogP contribution < -0.4 is 10.4 Å². The van der Waals surface area contributed by atoms with Gasteiger partial charge in [-0.2, -0.15) is 11.1 Å². The predicted octanol–water partition coefficient (Wildman–Crippen LogP) is 10.9. The monoisotopic (exact) mass is 816 g/mol. The fourth-order valence-corrected chi connectivity index (χ4v) is 10.4. The minimum atomic E-state index is -0.0249. The summed E-state index contributed by atoms with van der Waals surface area (Å²) in [7, 11) is 0.271. The molecule has 5 aliphatic rings. The van der Waals surface area contributed by atoms with E-state index in [1.165, 1.54) is 76.7 Å². The molecule has 1 nitrogen and oxygen atoms in total. The molecule has 4 aromatic rings. The smallest absolute Gasteiger partial charge is 0.103 e. The Morgan fingerprint density at radius 3 is 1.29 bits per heavy atom. The maximum atomic E-state index is 8.46. The minimum absolute atomic E-state index is 0. The number of rotatable bonds is 3. The summed E-state index contributed by atoms with van der Waals surface area (Å²) in [5, 5.41) is 2.90. The van der Waals surface area contributed by atoms with Gasteiger partial charge in [-0.1, -0.05) is 191 Å². The van der Waals surface area contributed by atoms with Crippen LogP contribution in [0.2, 0.25) is 0 Å². The summed E-state index contributed by atoms with van der Waals surface area (Å²) in [6.45, 7) is 13.5. The van der Waals surface area contributed by atoms with Crippen molar-refractivity contribution in [3.63, 3.8) is 0 Å². The second-order valence-corrected chi connectivity index (χ2v) is 17.0. The minimum Gasteiger partial charge on any atom is -0.672 e. The van der Waals surface area contributed by atoms with Crippen molar-refractivity contribution in [2.75, 3.05) is 0 Å². The molecule has 4 aromatic carbocycles. The summed E-state index contributed by atoms with van der Waals surface area (Å²) in [6, 6.07) is 42.1. The first kappa shape index (κ1) is 38.2. The topological polar surface area (TPSA) is 23.8 Å². The van der Waals surface area contributed by atoms with Gasteiger partial charge in [0.25, 0.3) is 0 Å². The molecular weight excluding hydrogens is 761 g/mol. The van der Waals surface area contributed by atoms with Crippen LogP contribution in [-0.4, -0.2) is 15.1 Å². The molecule has 9 rings (SSSR count). The zero-order valence-electron chi connectivity index (χ0n) is 30.0.